The molecule has 0 unspecified atom stereocenters. The van der Waals surface area contributed by atoms with Crippen LogP contribution in [0.15, 0.2) is 29.4 Å². The van der Waals surface area contributed by atoms with Crippen molar-refractivity contribution in [1.82, 2.24) is 10.7 Å². The minimum absolute atomic E-state index is 0.506. The van der Waals surface area contributed by atoms with Crippen LogP contribution in [-0.4, -0.2) is 31.5 Å². The van der Waals surface area contributed by atoms with E-state index in [-0.39, 0.29) is 0 Å². The van der Waals surface area contributed by atoms with Gasteiger partial charge in [-0.15, -0.1) is 0 Å². The number of nitrogens with zero attached hydrogens (tertiary/aromatic N) is 2. The van der Waals surface area contributed by atoms with Gasteiger partial charge in [-0.25, -0.2) is 0 Å². The fourth-order valence-corrected chi connectivity index (χ4v) is 1.63. The average molecular weight is 264 g/mol. The van der Waals surface area contributed by atoms with Crippen LogP contribution in [-0.2, 0) is 0 Å². The summed E-state index contributed by atoms with van der Waals surface area (Å²) in [4.78, 5) is 2.30. The van der Waals surface area contributed by atoms with Crippen molar-refractivity contribution >= 4 is 29.2 Å². The zero-order valence-electron chi connectivity index (χ0n) is 11.1. The van der Waals surface area contributed by atoms with Crippen LogP contribution in [0.25, 0.3) is 0 Å². The van der Waals surface area contributed by atoms with Gasteiger partial charge in [0.2, 0.25) is 0 Å². The minimum atomic E-state index is 0.506. The summed E-state index contributed by atoms with van der Waals surface area (Å²) in [6.45, 7) is 6.34. The van der Waals surface area contributed by atoms with Crippen molar-refractivity contribution in [1.29, 1.82) is 0 Å². The highest BCUT2D eigenvalue weighted by Gasteiger charge is 2.00. The predicted octanol–water partition coefficient (Wildman–Crippen LogP) is 1.96. The summed E-state index contributed by atoms with van der Waals surface area (Å²) in [5.74, 6) is 0. The van der Waals surface area contributed by atoms with E-state index in [1.807, 2.05) is 12.1 Å². The van der Waals surface area contributed by atoms with Crippen molar-refractivity contribution in [2.24, 2.45) is 5.10 Å². The lowest BCUT2D eigenvalue weighted by molar-refractivity contribution is 0.866. The SMILES string of the molecule is CCN(CC)c1ccc(/C=N\NC(=S)NC)cc1. The summed E-state index contributed by atoms with van der Waals surface area (Å²) in [6.07, 6.45) is 1.75. The number of thiocarbonyl (C=S) groups is 1. The van der Waals surface area contributed by atoms with Gasteiger partial charge in [-0.3, -0.25) is 5.43 Å². The van der Waals surface area contributed by atoms with Gasteiger partial charge in [0, 0.05) is 25.8 Å². The first-order valence-electron chi connectivity index (χ1n) is 6.07. The van der Waals surface area contributed by atoms with E-state index in [4.69, 9.17) is 12.2 Å². The summed E-state index contributed by atoms with van der Waals surface area (Å²) >= 11 is 4.91. The molecule has 0 atom stereocenters. The third kappa shape index (κ3) is 4.33. The maximum Gasteiger partial charge on any atom is 0.186 e. The molecular formula is C13H20N4S. The fourth-order valence-electron chi connectivity index (χ4n) is 1.58. The molecule has 0 aliphatic carbocycles. The Morgan fingerprint density at radius 3 is 2.39 bits per heavy atom. The second kappa shape index (κ2) is 7.66. The van der Waals surface area contributed by atoms with Crippen molar-refractivity contribution in [2.75, 3.05) is 25.0 Å². The van der Waals surface area contributed by atoms with Gasteiger partial charge in [0.1, 0.15) is 0 Å². The molecule has 0 bridgehead atoms. The molecule has 0 fully saturated rings. The molecule has 1 aromatic carbocycles. The highest BCUT2D eigenvalue weighted by atomic mass is 32.1. The van der Waals surface area contributed by atoms with Gasteiger partial charge in [0.05, 0.1) is 6.21 Å². The lowest BCUT2D eigenvalue weighted by Gasteiger charge is -2.20. The smallest absolute Gasteiger partial charge is 0.186 e. The Hall–Kier alpha value is -1.62. The number of hydrogen-bond donors (Lipinski definition) is 2. The van der Waals surface area contributed by atoms with E-state index >= 15 is 0 Å². The van der Waals surface area contributed by atoms with E-state index in [9.17, 15) is 0 Å². The molecule has 1 rings (SSSR count). The first-order chi connectivity index (χ1) is 8.71. The summed E-state index contributed by atoms with van der Waals surface area (Å²) in [6, 6.07) is 8.29. The standard InChI is InChI=1S/C13H20N4S/c1-4-17(5-2)12-8-6-11(7-9-12)10-15-16-13(18)14-3/h6-10H,4-5H2,1-3H3,(H2,14,16,18)/b15-10-. The average Bonchev–Trinajstić information content (AvgIpc) is 2.41. The van der Waals surface area contributed by atoms with E-state index in [1.165, 1.54) is 5.69 Å². The molecule has 2 N–H and O–H groups in total. The molecule has 0 saturated carbocycles. The summed E-state index contributed by atoms with van der Waals surface area (Å²) < 4.78 is 0. The summed E-state index contributed by atoms with van der Waals surface area (Å²) in [5, 5.41) is 7.33. The zero-order valence-corrected chi connectivity index (χ0v) is 11.9. The van der Waals surface area contributed by atoms with Crippen LogP contribution in [0.4, 0.5) is 5.69 Å². The predicted molar refractivity (Wildman–Crippen MR) is 82.4 cm³/mol. The number of rotatable bonds is 5. The van der Waals surface area contributed by atoms with Crippen molar-refractivity contribution in [3.8, 4) is 0 Å². The number of hydrogen-bond acceptors (Lipinski definition) is 3. The van der Waals surface area contributed by atoms with Crippen molar-refractivity contribution in [3.05, 3.63) is 29.8 Å². The molecule has 4 nitrogen and oxygen atoms in total. The Labute approximate surface area is 114 Å². The van der Waals surface area contributed by atoms with Gasteiger partial charge < -0.3 is 10.2 Å². The molecule has 1 aromatic rings. The van der Waals surface area contributed by atoms with Gasteiger partial charge in [0.25, 0.3) is 0 Å². The molecule has 0 aliphatic heterocycles. The summed E-state index contributed by atoms with van der Waals surface area (Å²) in [7, 11) is 1.75. The highest BCUT2D eigenvalue weighted by molar-refractivity contribution is 7.80. The molecule has 0 saturated heterocycles. The first kappa shape index (κ1) is 14.4. The highest BCUT2D eigenvalue weighted by Crippen LogP contribution is 2.13. The zero-order chi connectivity index (χ0) is 13.4. The Morgan fingerprint density at radius 1 is 1.28 bits per heavy atom. The van der Waals surface area contributed by atoms with Crippen LogP contribution < -0.4 is 15.6 Å². The van der Waals surface area contributed by atoms with Crippen LogP contribution in [0.2, 0.25) is 0 Å². The van der Waals surface area contributed by atoms with Crippen LogP contribution in [0.5, 0.6) is 0 Å². The first-order valence-corrected chi connectivity index (χ1v) is 6.47. The lowest BCUT2D eigenvalue weighted by Crippen LogP contribution is -2.28. The van der Waals surface area contributed by atoms with Crippen LogP contribution >= 0.6 is 12.2 Å². The van der Waals surface area contributed by atoms with Gasteiger partial charge in [0.15, 0.2) is 5.11 Å². The fraction of sp³-hybridized carbons (Fsp3) is 0.385. The maximum absolute atomic E-state index is 4.91. The van der Waals surface area contributed by atoms with E-state index in [1.54, 1.807) is 13.3 Å². The Balaban J connectivity index is 2.62. The third-order valence-electron chi connectivity index (χ3n) is 2.63. The molecule has 0 aliphatic rings. The van der Waals surface area contributed by atoms with Gasteiger partial charge in [-0.2, -0.15) is 5.10 Å². The molecule has 5 heteroatoms. The van der Waals surface area contributed by atoms with Crippen LogP contribution in [0.3, 0.4) is 0 Å². The van der Waals surface area contributed by atoms with Gasteiger partial charge >= 0.3 is 0 Å². The molecule has 0 heterocycles. The molecule has 0 aromatic heterocycles. The normalized spacial score (nSPS) is 10.4. The van der Waals surface area contributed by atoms with Crippen molar-refractivity contribution in [2.45, 2.75) is 13.8 Å². The topological polar surface area (TPSA) is 39.7 Å². The van der Waals surface area contributed by atoms with Crippen LogP contribution in [0, 0.1) is 0 Å². The van der Waals surface area contributed by atoms with Crippen molar-refractivity contribution < 1.29 is 0 Å². The Bertz CT molecular complexity index is 396. The van der Waals surface area contributed by atoms with Crippen LogP contribution in [0.1, 0.15) is 19.4 Å². The van der Waals surface area contributed by atoms with Gasteiger partial charge in [-0.1, -0.05) is 12.1 Å². The van der Waals surface area contributed by atoms with E-state index in [0.29, 0.717) is 5.11 Å². The number of nitrogens with one attached hydrogen (secondary N) is 2. The van der Waals surface area contributed by atoms with E-state index < -0.39 is 0 Å². The molecular weight excluding hydrogens is 244 g/mol. The maximum atomic E-state index is 4.91. The quantitative estimate of drug-likeness (QED) is 0.484. The second-order valence-electron chi connectivity index (χ2n) is 3.71. The molecule has 0 spiro atoms. The number of hydrazone groups is 1. The van der Waals surface area contributed by atoms with E-state index in [2.05, 4.69) is 46.7 Å². The molecule has 0 amide bonds. The Morgan fingerprint density at radius 2 is 1.89 bits per heavy atom. The minimum Gasteiger partial charge on any atom is -0.372 e. The number of anilines is 1. The second-order valence-corrected chi connectivity index (χ2v) is 4.12. The van der Waals surface area contributed by atoms with Crippen molar-refractivity contribution in [3.63, 3.8) is 0 Å². The Kier molecular flexibility index (Phi) is 6.14. The molecule has 18 heavy (non-hydrogen) atoms. The largest absolute Gasteiger partial charge is 0.372 e. The lowest BCUT2D eigenvalue weighted by atomic mass is 10.2. The molecule has 0 radical (unpaired) electrons. The van der Waals surface area contributed by atoms with Gasteiger partial charge in [-0.05, 0) is 43.8 Å². The van der Waals surface area contributed by atoms with E-state index in [0.717, 1.165) is 18.7 Å². The monoisotopic (exact) mass is 264 g/mol. The third-order valence-corrected chi connectivity index (χ3v) is 2.92. The molecule has 98 valence electrons. The summed E-state index contributed by atoms with van der Waals surface area (Å²) in [5.41, 5.74) is 4.99. The number of benzene rings is 1.